The Morgan fingerprint density at radius 3 is 2.73 bits per heavy atom. The Bertz CT molecular complexity index is 203. The Morgan fingerprint density at radius 1 is 1.47 bits per heavy atom. The van der Waals surface area contributed by atoms with E-state index in [-0.39, 0.29) is 24.2 Å². The van der Waals surface area contributed by atoms with Gasteiger partial charge in [0.15, 0.2) is 0 Å². The maximum atomic E-state index is 11.5. The largest absolute Gasteiger partial charge is 0.376 e. The van der Waals surface area contributed by atoms with Gasteiger partial charge in [-0.1, -0.05) is 6.92 Å². The smallest absolute Gasteiger partial charge is 0.315 e. The number of hydrogen-bond acceptors (Lipinski definition) is 2. The van der Waals surface area contributed by atoms with E-state index in [0.717, 1.165) is 25.9 Å². The van der Waals surface area contributed by atoms with Crippen molar-refractivity contribution in [3.8, 4) is 0 Å². The average Bonchev–Trinajstić information content (AvgIpc) is 2.70. The van der Waals surface area contributed by atoms with Gasteiger partial charge in [-0.2, -0.15) is 0 Å². The number of hydrogen-bond donors (Lipinski definition) is 2. The number of ether oxygens (including phenoxy) is 1. The summed E-state index contributed by atoms with van der Waals surface area (Å²) in [5, 5.41) is 5.79. The molecule has 0 spiro atoms. The first-order valence-corrected chi connectivity index (χ1v) is 5.82. The molecule has 1 fully saturated rings. The van der Waals surface area contributed by atoms with Crippen LogP contribution in [-0.4, -0.2) is 30.8 Å². The Labute approximate surface area is 91.8 Å². The van der Waals surface area contributed by atoms with Gasteiger partial charge in [0.2, 0.25) is 0 Å². The summed E-state index contributed by atoms with van der Waals surface area (Å²) in [5.41, 5.74) is 0. The van der Waals surface area contributed by atoms with Crippen molar-refractivity contribution in [2.45, 2.75) is 58.2 Å². The fourth-order valence-electron chi connectivity index (χ4n) is 1.66. The zero-order valence-corrected chi connectivity index (χ0v) is 9.88. The molecule has 4 heteroatoms. The lowest BCUT2D eigenvalue weighted by molar-refractivity contribution is 0.0859. The van der Waals surface area contributed by atoms with Crippen LogP contribution in [0, 0.1) is 0 Å². The molecule has 0 unspecified atom stereocenters. The van der Waals surface area contributed by atoms with E-state index in [4.69, 9.17) is 4.74 Å². The summed E-state index contributed by atoms with van der Waals surface area (Å²) in [6.07, 6.45) is 3.28. The third-order valence-corrected chi connectivity index (χ3v) is 2.87. The van der Waals surface area contributed by atoms with Crippen molar-refractivity contribution < 1.29 is 9.53 Å². The van der Waals surface area contributed by atoms with Gasteiger partial charge in [-0.3, -0.25) is 0 Å². The maximum absolute atomic E-state index is 11.5. The van der Waals surface area contributed by atoms with Gasteiger partial charge in [0.25, 0.3) is 0 Å². The minimum atomic E-state index is -0.0904. The number of carbonyl (C=O) groups is 1. The summed E-state index contributed by atoms with van der Waals surface area (Å²) in [4.78, 5) is 11.5. The number of nitrogens with one attached hydrogen (secondary N) is 2. The highest BCUT2D eigenvalue weighted by molar-refractivity contribution is 5.74. The Hall–Kier alpha value is -0.770. The Balaban J connectivity index is 2.24. The van der Waals surface area contributed by atoms with Crippen LogP contribution in [0.15, 0.2) is 0 Å². The molecule has 1 heterocycles. The number of urea groups is 1. The zero-order chi connectivity index (χ0) is 11.3. The molecule has 1 aliphatic rings. The predicted molar refractivity (Wildman–Crippen MR) is 59.9 cm³/mol. The third kappa shape index (κ3) is 4.08. The average molecular weight is 214 g/mol. The highest BCUT2D eigenvalue weighted by atomic mass is 16.5. The molecule has 0 radical (unpaired) electrons. The molecule has 0 saturated carbocycles. The minimum absolute atomic E-state index is 0.0904. The summed E-state index contributed by atoms with van der Waals surface area (Å²) < 4.78 is 5.50. The van der Waals surface area contributed by atoms with E-state index >= 15 is 0 Å². The van der Waals surface area contributed by atoms with E-state index < -0.39 is 0 Å². The van der Waals surface area contributed by atoms with E-state index in [1.54, 1.807) is 0 Å². The molecule has 1 rings (SSSR count). The lowest BCUT2D eigenvalue weighted by Gasteiger charge is -2.21. The first-order valence-electron chi connectivity index (χ1n) is 5.82. The molecular formula is C11H22N2O2. The van der Waals surface area contributed by atoms with Crippen LogP contribution < -0.4 is 10.6 Å². The second-order valence-corrected chi connectivity index (χ2v) is 4.27. The summed E-state index contributed by atoms with van der Waals surface area (Å²) in [7, 11) is 0. The second kappa shape index (κ2) is 5.95. The quantitative estimate of drug-likeness (QED) is 0.747. The topological polar surface area (TPSA) is 50.4 Å². The molecule has 15 heavy (non-hydrogen) atoms. The van der Waals surface area contributed by atoms with Crippen molar-refractivity contribution in [2.75, 3.05) is 6.61 Å². The molecular weight excluding hydrogens is 192 g/mol. The summed E-state index contributed by atoms with van der Waals surface area (Å²) in [5.74, 6) is 0. The van der Waals surface area contributed by atoms with Crippen molar-refractivity contribution in [3.05, 3.63) is 0 Å². The molecule has 0 aliphatic carbocycles. The van der Waals surface area contributed by atoms with Crippen molar-refractivity contribution in [3.63, 3.8) is 0 Å². The SMILES string of the molecule is CC[C@H](C)NC(=O)N[C@H](C)[C@H]1CCCO1. The zero-order valence-electron chi connectivity index (χ0n) is 9.88. The normalized spacial score (nSPS) is 24.6. The Morgan fingerprint density at radius 2 is 2.20 bits per heavy atom. The highest BCUT2D eigenvalue weighted by Gasteiger charge is 2.23. The van der Waals surface area contributed by atoms with Crippen LogP contribution in [0.2, 0.25) is 0 Å². The van der Waals surface area contributed by atoms with Crippen molar-refractivity contribution in [1.29, 1.82) is 0 Å². The van der Waals surface area contributed by atoms with Crippen LogP contribution in [0.5, 0.6) is 0 Å². The van der Waals surface area contributed by atoms with Crippen LogP contribution in [0.1, 0.15) is 40.0 Å². The van der Waals surface area contributed by atoms with E-state index in [2.05, 4.69) is 17.6 Å². The van der Waals surface area contributed by atoms with Crippen LogP contribution in [-0.2, 0) is 4.74 Å². The van der Waals surface area contributed by atoms with Crippen molar-refractivity contribution in [2.24, 2.45) is 0 Å². The maximum Gasteiger partial charge on any atom is 0.315 e. The number of rotatable bonds is 4. The lowest BCUT2D eigenvalue weighted by Crippen LogP contribution is -2.48. The first kappa shape index (κ1) is 12.3. The molecule has 0 aromatic rings. The minimum Gasteiger partial charge on any atom is -0.376 e. The molecule has 3 atom stereocenters. The van der Waals surface area contributed by atoms with Crippen LogP contribution in [0.25, 0.3) is 0 Å². The lowest BCUT2D eigenvalue weighted by atomic mass is 10.1. The molecule has 1 aliphatic heterocycles. The van der Waals surface area contributed by atoms with Gasteiger partial charge >= 0.3 is 6.03 Å². The van der Waals surface area contributed by atoms with Gasteiger partial charge in [0.05, 0.1) is 12.1 Å². The molecule has 88 valence electrons. The van der Waals surface area contributed by atoms with Gasteiger partial charge < -0.3 is 15.4 Å². The fourth-order valence-corrected chi connectivity index (χ4v) is 1.66. The molecule has 0 aromatic heterocycles. The monoisotopic (exact) mass is 214 g/mol. The highest BCUT2D eigenvalue weighted by Crippen LogP contribution is 2.15. The molecule has 2 amide bonds. The standard InChI is InChI=1S/C11H22N2O2/c1-4-8(2)12-11(14)13-9(3)10-6-5-7-15-10/h8-10H,4-7H2,1-3H3,(H2,12,13,14)/t8-,9+,10+/m0/s1. The van der Waals surface area contributed by atoms with Gasteiger partial charge in [-0.15, -0.1) is 0 Å². The van der Waals surface area contributed by atoms with Crippen LogP contribution in [0.3, 0.4) is 0 Å². The van der Waals surface area contributed by atoms with Gasteiger partial charge in [0.1, 0.15) is 0 Å². The van der Waals surface area contributed by atoms with Crippen molar-refractivity contribution >= 4 is 6.03 Å². The molecule has 1 saturated heterocycles. The Kier molecular flexibility index (Phi) is 4.88. The van der Waals surface area contributed by atoms with Crippen LogP contribution in [0.4, 0.5) is 4.79 Å². The van der Waals surface area contributed by atoms with E-state index in [1.807, 2.05) is 13.8 Å². The fraction of sp³-hybridized carbons (Fsp3) is 0.909. The number of carbonyl (C=O) groups excluding carboxylic acids is 1. The summed E-state index contributed by atoms with van der Waals surface area (Å²) in [6.45, 7) is 6.86. The summed E-state index contributed by atoms with van der Waals surface area (Å²) >= 11 is 0. The molecule has 2 N–H and O–H groups in total. The molecule has 0 bridgehead atoms. The molecule has 4 nitrogen and oxygen atoms in total. The molecule has 0 aromatic carbocycles. The van der Waals surface area contributed by atoms with Crippen LogP contribution >= 0.6 is 0 Å². The van der Waals surface area contributed by atoms with Gasteiger partial charge in [0, 0.05) is 12.6 Å². The predicted octanol–water partition coefficient (Wildman–Crippen LogP) is 1.65. The van der Waals surface area contributed by atoms with Gasteiger partial charge in [-0.25, -0.2) is 4.79 Å². The third-order valence-electron chi connectivity index (χ3n) is 2.87. The second-order valence-electron chi connectivity index (χ2n) is 4.27. The number of amides is 2. The first-order chi connectivity index (χ1) is 7.13. The summed E-state index contributed by atoms with van der Waals surface area (Å²) in [6, 6.07) is 0.227. The van der Waals surface area contributed by atoms with Gasteiger partial charge in [-0.05, 0) is 33.1 Å². The van der Waals surface area contributed by atoms with E-state index in [1.165, 1.54) is 0 Å². The van der Waals surface area contributed by atoms with Crippen molar-refractivity contribution in [1.82, 2.24) is 10.6 Å². The van der Waals surface area contributed by atoms with E-state index in [0.29, 0.717) is 0 Å². The van der Waals surface area contributed by atoms with E-state index in [9.17, 15) is 4.79 Å².